The van der Waals surface area contributed by atoms with Crippen molar-refractivity contribution in [2.75, 3.05) is 10.6 Å². The number of imidazole rings is 1. The average Bonchev–Trinajstić information content (AvgIpc) is 2.89. The summed E-state index contributed by atoms with van der Waals surface area (Å²) in [4.78, 5) is 19.0. The maximum absolute atomic E-state index is 11.9. The second-order valence-electron chi connectivity index (χ2n) is 4.68. The normalized spacial score (nSPS) is 10.9. The van der Waals surface area contributed by atoms with E-state index in [0.717, 1.165) is 0 Å². The summed E-state index contributed by atoms with van der Waals surface area (Å²) in [6.07, 6.45) is -1.55. The Morgan fingerprint density at radius 1 is 1.09 bits per heavy atom. The third-order valence-electron chi connectivity index (χ3n) is 3.07. The molecule has 7 nitrogen and oxygen atoms in total. The van der Waals surface area contributed by atoms with E-state index in [1.807, 2.05) is 18.2 Å². The van der Waals surface area contributed by atoms with Crippen LogP contribution in [0.1, 0.15) is 11.9 Å². The highest BCUT2D eigenvalue weighted by Gasteiger charge is 2.09. The van der Waals surface area contributed by atoms with Gasteiger partial charge in [-0.2, -0.15) is 0 Å². The summed E-state index contributed by atoms with van der Waals surface area (Å²) in [7, 11) is 0. The number of carbonyl (C=O) groups excluding carboxylic acids is 1. The predicted octanol–water partition coefficient (Wildman–Crippen LogP) is 2.19. The van der Waals surface area contributed by atoms with Gasteiger partial charge in [0.15, 0.2) is 6.29 Å². The summed E-state index contributed by atoms with van der Waals surface area (Å²) in [5, 5.41) is 23.5. The molecule has 0 unspecified atom stereocenters. The SMILES string of the molecule is O=C(Nc1ccccc1)Nc1nc2ccc(C(O)O)cc2[nH]1. The Balaban J connectivity index is 1.75. The largest absolute Gasteiger partial charge is 0.364 e. The van der Waals surface area contributed by atoms with Crippen molar-refractivity contribution in [1.29, 1.82) is 0 Å². The lowest BCUT2D eigenvalue weighted by molar-refractivity contribution is -0.0424. The number of nitrogens with one attached hydrogen (secondary N) is 3. The highest BCUT2D eigenvalue weighted by molar-refractivity contribution is 5.99. The molecular formula is C15H14N4O3. The molecule has 2 amide bonds. The number of para-hydroxylation sites is 1. The van der Waals surface area contributed by atoms with E-state index in [1.165, 1.54) is 0 Å². The number of aromatic amines is 1. The van der Waals surface area contributed by atoms with Crippen molar-refractivity contribution >= 4 is 28.7 Å². The Morgan fingerprint density at radius 2 is 1.86 bits per heavy atom. The highest BCUT2D eigenvalue weighted by atomic mass is 16.5. The topological polar surface area (TPSA) is 110 Å². The van der Waals surface area contributed by atoms with Crippen molar-refractivity contribution in [3.63, 3.8) is 0 Å². The molecule has 2 aromatic carbocycles. The van der Waals surface area contributed by atoms with Crippen LogP contribution in [0.5, 0.6) is 0 Å². The van der Waals surface area contributed by atoms with Crippen LogP contribution in [-0.2, 0) is 0 Å². The second kappa shape index (κ2) is 5.84. The Labute approximate surface area is 125 Å². The van der Waals surface area contributed by atoms with Gasteiger partial charge in [-0.3, -0.25) is 5.32 Å². The van der Waals surface area contributed by atoms with Gasteiger partial charge in [0.05, 0.1) is 11.0 Å². The van der Waals surface area contributed by atoms with E-state index >= 15 is 0 Å². The van der Waals surface area contributed by atoms with E-state index in [2.05, 4.69) is 20.6 Å². The molecular weight excluding hydrogens is 284 g/mol. The zero-order chi connectivity index (χ0) is 15.5. The quantitative estimate of drug-likeness (QED) is 0.477. The van der Waals surface area contributed by atoms with E-state index in [1.54, 1.807) is 30.3 Å². The first-order valence-electron chi connectivity index (χ1n) is 6.61. The smallest absolute Gasteiger partial charge is 0.326 e. The summed E-state index contributed by atoms with van der Waals surface area (Å²) in [5.74, 6) is 0.271. The number of aliphatic hydroxyl groups excluding tert-OH is 1. The van der Waals surface area contributed by atoms with Crippen molar-refractivity contribution in [2.24, 2.45) is 0 Å². The van der Waals surface area contributed by atoms with E-state index in [-0.39, 0.29) is 5.95 Å². The van der Waals surface area contributed by atoms with Gasteiger partial charge in [0.25, 0.3) is 0 Å². The van der Waals surface area contributed by atoms with Gasteiger partial charge in [-0.1, -0.05) is 24.3 Å². The molecule has 0 saturated heterocycles. The molecule has 1 heterocycles. The van der Waals surface area contributed by atoms with Crippen LogP contribution in [0.4, 0.5) is 16.4 Å². The lowest BCUT2D eigenvalue weighted by Crippen LogP contribution is -2.20. The number of hydrogen-bond donors (Lipinski definition) is 5. The first-order valence-corrected chi connectivity index (χ1v) is 6.61. The fourth-order valence-corrected chi connectivity index (χ4v) is 2.04. The molecule has 3 rings (SSSR count). The van der Waals surface area contributed by atoms with Gasteiger partial charge >= 0.3 is 6.03 Å². The Bertz CT molecular complexity index is 799. The first-order chi connectivity index (χ1) is 10.6. The lowest BCUT2D eigenvalue weighted by atomic mass is 10.2. The number of anilines is 2. The monoisotopic (exact) mass is 298 g/mol. The summed E-state index contributed by atoms with van der Waals surface area (Å²) in [6, 6.07) is 13.4. The standard InChI is InChI=1S/C15H14N4O3/c20-13(21)9-6-7-11-12(8-9)18-14(17-11)19-15(22)16-10-4-2-1-3-5-10/h1-8,13,20-21H,(H3,16,17,18,19,22). The number of aliphatic hydroxyl groups is 2. The number of amides is 2. The molecule has 0 saturated carbocycles. The van der Waals surface area contributed by atoms with Crippen LogP contribution in [0.3, 0.4) is 0 Å². The maximum Gasteiger partial charge on any atom is 0.326 e. The second-order valence-corrected chi connectivity index (χ2v) is 4.68. The molecule has 0 fully saturated rings. The number of H-pyrrole nitrogens is 1. The van der Waals surface area contributed by atoms with Crippen molar-refractivity contribution < 1.29 is 15.0 Å². The molecule has 7 heteroatoms. The molecule has 0 aliphatic rings. The van der Waals surface area contributed by atoms with E-state index in [0.29, 0.717) is 22.3 Å². The van der Waals surface area contributed by atoms with Crippen LogP contribution >= 0.6 is 0 Å². The Morgan fingerprint density at radius 3 is 2.59 bits per heavy atom. The number of carbonyl (C=O) groups is 1. The summed E-state index contributed by atoms with van der Waals surface area (Å²) < 4.78 is 0. The third-order valence-corrected chi connectivity index (χ3v) is 3.07. The first kappa shape index (κ1) is 14.1. The summed E-state index contributed by atoms with van der Waals surface area (Å²) >= 11 is 0. The molecule has 0 radical (unpaired) electrons. The zero-order valence-electron chi connectivity index (χ0n) is 11.4. The van der Waals surface area contributed by atoms with Crippen molar-refractivity contribution in [1.82, 2.24) is 9.97 Å². The molecule has 1 aromatic heterocycles. The van der Waals surface area contributed by atoms with Crippen LogP contribution in [0.25, 0.3) is 11.0 Å². The van der Waals surface area contributed by atoms with Crippen LogP contribution < -0.4 is 10.6 Å². The number of hydrogen-bond acceptors (Lipinski definition) is 4. The number of fused-ring (bicyclic) bond motifs is 1. The number of nitrogens with zero attached hydrogens (tertiary/aromatic N) is 1. The minimum Gasteiger partial charge on any atom is -0.364 e. The van der Waals surface area contributed by atoms with Gasteiger partial charge in [0, 0.05) is 11.3 Å². The third kappa shape index (κ3) is 3.05. The molecule has 0 aliphatic heterocycles. The number of rotatable bonds is 3. The van der Waals surface area contributed by atoms with Gasteiger partial charge in [0.1, 0.15) is 0 Å². The molecule has 22 heavy (non-hydrogen) atoms. The molecule has 0 aliphatic carbocycles. The van der Waals surface area contributed by atoms with Crippen LogP contribution in [0.15, 0.2) is 48.5 Å². The summed E-state index contributed by atoms with van der Waals surface area (Å²) in [6.45, 7) is 0. The Kier molecular flexibility index (Phi) is 3.73. The predicted molar refractivity (Wildman–Crippen MR) is 82.4 cm³/mol. The van der Waals surface area contributed by atoms with Crippen LogP contribution in [-0.4, -0.2) is 26.2 Å². The van der Waals surface area contributed by atoms with Crippen LogP contribution in [0, 0.1) is 0 Å². The molecule has 3 aromatic rings. The summed E-state index contributed by atoms with van der Waals surface area (Å²) in [5.41, 5.74) is 2.22. The molecule has 0 bridgehead atoms. The van der Waals surface area contributed by atoms with Crippen molar-refractivity contribution in [3.05, 3.63) is 54.1 Å². The molecule has 112 valence electrons. The van der Waals surface area contributed by atoms with E-state index < -0.39 is 12.3 Å². The zero-order valence-corrected chi connectivity index (χ0v) is 11.4. The van der Waals surface area contributed by atoms with Crippen molar-refractivity contribution in [2.45, 2.75) is 6.29 Å². The molecule has 0 spiro atoms. The lowest BCUT2D eigenvalue weighted by Gasteiger charge is -2.04. The van der Waals surface area contributed by atoms with Gasteiger partial charge < -0.3 is 20.5 Å². The fraction of sp³-hybridized carbons (Fsp3) is 0.0667. The van der Waals surface area contributed by atoms with Gasteiger partial charge in [-0.25, -0.2) is 9.78 Å². The number of benzene rings is 2. The number of aromatic nitrogens is 2. The fourth-order valence-electron chi connectivity index (χ4n) is 2.04. The van der Waals surface area contributed by atoms with Crippen molar-refractivity contribution in [3.8, 4) is 0 Å². The van der Waals surface area contributed by atoms with Crippen LogP contribution in [0.2, 0.25) is 0 Å². The Hall–Kier alpha value is -2.90. The van der Waals surface area contributed by atoms with Gasteiger partial charge in [-0.15, -0.1) is 0 Å². The highest BCUT2D eigenvalue weighted by Crippen LogP contribution is 2.19. The minimum absolute atomic E-state index is 0.271. The molecule has 5 N–H and O–H groups in total. The van der Waals surface area contributed by atoms with E-state index in [9.17, 15) is 4.79 Å². The van der Waals surface area contributed by atoms with E-state index in [4.69, 9.17) is 10.2 Å². The molecule has 0 atom stereocenters. The number of urea groups is 1. The van der Waals surface area contributed by atoms with Gasteiger partial charge in [0.2, 0.25) is 5.95 Å². The maximum atomic E-state index is 11.9. The average molecular weight is 298 g/mol. The minimum atomic E-state index is -1.55. The van der Waals surface area contributed by atoms with Gasteiger partial charge in [-0.05, 0) is 24.3 Å².